The lowest BCUT2D eigenvalue weighted by molar-refractivity contribution is -0.115. The summed E-state index contributed by atoms with van der Waals surface area (Å²) in [4.78, 5) is 12.2. The highest BCUT2D eigenvalue weighted by molar-refractivity contribution is 8.00. The normalized spacial score (nSPS) is 12.2. The van der Waals surface area contributed by atoms with Crippen LogP contribution in [0.1, 0.15) is 12.5 Å². The van der Waals surface area contributed by atoms with Gasteiger partial charge in [0.05, 0.1) is 5.25 Å². The van der Waals surface area contributed by atoms with Gasteiger partial charge in [-0.15, -0.1) is 10.2 Å². The number of carbonyl (C=O) groups is 1. The fourth-order valence-corrected chi connectivity index (χ4v) is 2.53. The van der Waals surface area contributed by atoms with Crippen molar-refractivity contribution in [2.75, 3.05) is 5.32 Å². The molecular weight excluding hydrogens is 296 g/mol. The number of halogens is 1. The molecule has 1 aromatic heterocycles. The topological polar surface area (TPSA) is 59.8 Å². The molecule has 1 heterocycles. The van der Waals surface area contributed by atoms with E-state index in [9.17, 15) is 4.79 Å². The lowest BCUT2D eigenvalue weighted by atomic mass is 10.2. The number of anilines is 1. The van der Waals surface area contributed by atoms with Gasteiger partial charge in [-0.25, -0.2) is 0 Å². The molecule has 1 atom stereocenters. The van der Waals surface area contributed by atoms with Crippen LogP contribution in [0.2, 0.25) is 5.02 Å². The maximum atomic E-state index is 12.2. The number of hydrogen-bond donors (Lipinski definition) is 1. The van der Waals surface area contributed by atoms with Crippen LogP contribution >= 0.6 is 23.4 Å². The number of thioether (sulfide) groups is 1. The molecule has 0 fully saturated rings. The lowest BCUT2D eigenvalue weighted by Gasteiger charge is -2.13. The van der Waals surface area contributed by atoms with Crippen LogP contribution in [0.15, 0.2) is 29.7 Å². The van der Waals surface area contributed by atoms with Crippen LogP contribution in [-0.2, 0) is 11.8 Å². The molecule has 0 saturated carbocycles. The number of aryl methyl sites for hydroxylation is 1. The van der Waals surface area contributed by atoms with Crippen molar-refractivity contribution in [1.29, 1.82) is 0 Å². The van der Waals surface area contributed by atoms with Crippen LogP contribution in [0, 0.1) is 6.92 Å². The van der Waals surface area contributed by atoms with Gasteiger partial charge in [-0.3, -0.25) is 4.79 Å². The van der Waals surface area contributed by atoms with E-state index in [0.717, 1.165) is 11.3 Å². The predicted molar refractivity (Wildman–Crippen MR) is 81.1 cm³/mol. The van der Waals surface area contributed by atoms with Crippen molar-refractivity contribution in [2.45, 2.75) is 24.3 Å². The van der Waals surface area contributed by atoms with E-state index in [4.69, 9.17) is 11.6 Å². The maximum Gasteiger partial charge on any atom is 0.237 e. The highest BCUT2D eigenvalue weighted by Crippen LogP contribution is 2.25. The smallest absolute Gasteiger partial charge is 0.237 e. The van der Waals surface area contributed by atoms with Crippen molar-refractivity contribution < 1.29 is 4.79 Å². The third-order valence-electron chi connectivity index (χ3n) is 2.85. The fourth-order valence-electron chi connectivity index (χ4n) is 1.57. The maximum absolute atomic E-state index is 12.2. The summed E-state index contributed by atoms with van der Waals surface area (Å²) in [6.07, 6.45) is 1.61. The molecule has 0 unspecified atom stereocenters. The van der Waals surface area contributed by atoms with E-state index in [-0.39, 0.29) is 11.2 Å². The molecule has 20 heavy (non-hydrogen) atoms. The molecule has 1 amide bonds. The Bertz CT molecular complexity index is 629. The van der Waals surface area contributed by atoms with E-state index in [0.29, 0.717) is 10.2 Å². The second-order valence-electron chi connectivity index (χ2n) is 4.39. The monoisotopic (exact) mass is 310 g/mol. The fraction of sp³-hybridized carbons (Fsp3) is 0.308. The number of rotatable bonds is 4. The summed E-state index contributed by atoms with van der Waals surface area (Å²) in [5.74, 6) is -0.0941. The Morgan fingerprint density at radius 2 is 2.25 bits per heavy atom. The van der Waals surface area contributed by atoms with E-state index in [2.05, 4.69) is 15.5 Å². The molecule has 2 aromatic rings. The minimum atomic E-state index is -0.281. The van der Waals surface area contributed by atoms with E-state index < -0.39 is 0 Å². The van der Waals surface area contributed by atoms with Crippen LogP contribution in [-0.4, -0.2) is 25.9 Å². The van der Waals surface area contributed by atoms with Gasteiger partial charge < -0.3 is 9.88 Å². The molecule has 0 radical (unpaired) electrons. The van der Waals surface area contributed by atoms with Gasteiger partial charge in [-0.05, 0) is 31.5 Å². The van der Waals surface area contributed by atoms with E-state index in [1.54, 1.807) is 17.0 Å². The summed E-state index contributed by atoms with van der Waals surface area (Å²) in [5.41, 5.74) is 1.59. The van der Waals surface area contributed by atoms with Crippen LogP contribution in [0.25, 0.3) is 0 Å². The van der Waals surface area contributed by atoms with Crippen molar-refractivity contribution in [1.82, 2.24) is 14.8 Å². The van der Waals surface area contributed by atoms with E-state index in [1.807, 2.05) is 33.0 Å². The van der Waals surface area contributed by atoms with Gasteiger partial charge in [0, 0.05) is 17.8 Å². The molecule has 1 N–H and O–H groups in total. The average molecular weight is 311 g/mol. The van der Waals surface area contributed by atoms with E-state index in [1.165, 1.54) is 11.8 Å². The Hall–Kier alpha value is -1.53. The van der Waals surface area contributed by atoms with Gasteiger partial charge in [-0.2, -0.15) is 0 Å². The first kappa shape index (κ1) is 14.9. The zero-order chi connectivity index (χ0) is 14.7. The number of nitrogens with zero attached hydrogens (tertiary/aromatic N) is 3. The summed E-state index contributed by atoms with van der Waals surface area (Å²) >= 11 is 7.39. The molecule has 5 nitrogen and oxygen atoms in total. The second-order valence-corrected chi connectivity index (χ2v) is 6.10. The standard InChI is InChI=1S/C13H15ClN4OS/c1-8-10(14)5-4-6-11(8)16-12(19)9(2)20-13-17-15-7-18(13)3/h4-7,9H,1-3H3,(H,16,19)/t9-/m0/s1. The zero-order valence-electron chi connectivity index (χ0n) is 11.4. The first-order chi connectivity index (χ1) is 9.49. The third kappa shape index (κ3) is 3.32. The Balaban J connectivity index is 2.04. The van der Waals surface area contributed by atoms with Gasteiger partial charge in [0.2, 0.25) is 5.91 Å². The Labute approximate surface area is 126 Å². The highest BCUT2D eigenvalue weighted by atomic mass is 35.5. The molecule has 2 rings (SSSR count). The first-order valence-corrected chi connectivity index (χ1v) is 7.31. The summed E-state index contributed by atoms with van der Waals surface area (Å²) in [6.45, 7) is 3.70. The molecule has 1 aromatic carbocycles. The second kappa shape index (κ2) is 6.28. The van der Waals surface area contributed by atoms with E-state index >= 15 is 0 Å². The summed E-state index contributed by atoms with van der Waals surface area (Å²) < 4.78 is 1.78. The summed E-state index contributed by atoms with van der Waals surface area (Å²) in [7, 11) is 1.84. The number of nitrogens with one attached hydrogen (secondary N) is 1. The van der Waals surface area contributed by atoms with Crippen LogP contribution < -0.4 is 5.32 Å². The van der Waals surface area contributed by atoms with Gasteiger partial charge in [0.25, 0.3) is 0 Å². The lowest BCUT2D eigenvalue weighted by Crippen LogP contribution is -2.23. The van der Waals surface area contributed by atoms with Gasteiger partial charge in [-0.1, -0.05) is 29.4 Å². The minimum absolute atomic E-state index is 0.0941. The van der Waals surface area contributed by atoms with Crippen LogP contribution in [0.3, 0.4) is 0 Å². The Kier molecular flexibility index (Phi) is 4.67. The molecule has 0 aliphatic rings. The van der Waals surface area contributed by atoms with Gasteiger partial charge in [0.15, 0.2) is 5.16 Å². The van der Waals surface area contributed by atoms with Crippen molar-refractivity contribution in [3.8, 4) is 0 Å². The molecule has 0 bridgehead atoms. The summed E-state index contributed by atoms with van der Waals surface area (Å²) in [5, 5.41) is 11.7. The number of benzene rings is 1. The molecule has 0 aliphatic carbocycles. The summed E-state index contributed by atoms with van der Waals surface area (Å²) in [6, 6.07) is 5.44. The van der Waals surface area contributed by atoms with Crippen LogP contribution in [0.4, 0.5) is 5.69 Å². The predicted octanol–water partition coefficient (Wildman–Crippen LogP) is 2.90. The SMILES string of the molecule is Cc1c(Cl)cccc1NC(=O)[C@H](C)Sc1nncn1C. The number of aromatic nitrogens is 3. The molecule has 7 heteroatoms. The zero-order valence-corrected chi connectivity index (χ0v) is 13.0. The number of amides is 1. The third-order valence-corrected chi connectivity index (χ3v) is 4.40. The van der Waals surface area contributed by atoms with Crippen molar-refractivity contribution in [2.24, 2.45) is 7.05 Å². The quantitative estimate of drug-likeness (QED) is 0.882. The Morgan fingerprint density at radius 3 is 2.90 bits per heavy atom. The Morgan fingerprint density at radius 1 is 1.50 bits per heavy atom. The molecular formula is C13H15ClN4OS. The number of carbonyl (C=O) groups excluding carboxylic acids is 1. The number of hydrogen-bond acceptors (Lipinski definition) is 4. The van der Waals surface area contributed by atoms with Gasteiger partial charge >= 0.3 is 0 Å². The van der Waals surface area contributed by atoms with Crippen molar-refractivity contribution in [3.05, 3.63) is 35.1 Å². The molecule has 0 saturated heterocycles. The minimum Gasteiger partial charge on any atom is -0.325 e. The molecule has 0 spiro atoms. The van der Waals surface area contributed by atoms with Crippen LogP contribution in [0.5, 0.6) is 0 Å². The molecule has 106 valence electrons. The highest BCUT2D eigenvalue weighted by Gasteiger charge is 2.18. The van der Waals surface area contributed by atoms with Gasteiger partial charge in [0.1, 0.15) is 6.33 Å². The molecule has 0 aliphatic heterocycles. The first-order valence-electron chi connectivity index (χ1n) is 6.05. The average Bonchev–Trinajstić information content (AvgIpc) is 2.80. The van der Waals surface area contributed by atoms with Crippen molar-refractivity contribution >= 4 is 35.0 Å². The largest absolute Gasteiger partial charge is 0.325 e. The van der Waals surface area contributed by atoms with Crippen molar-refractivity contribution in [3.63, 3.8) is 0 Å².